The minimum atomic E-state index is -2.73. The third kappa shape index (κ3) is 3.30. The first-order valence-electron chi connectivity index (χ1n) is 8.83. The van der Waals surface area contributed by atoms with E-state index in [0.29, 0.717) is 25.2 Å². The molecular formula is C18H17F3N6O. The van der Waals surface area contributed by atoms with Gasteiger partial charge in [0.25, 0.3) is 18.1 Å². The summed E-state index contributed by atoms with van der Waals surface area (Å²) in [7, 11) is 0. The van der Waals surface area contributed by atoms with Crippen molar-refractivity contribution < 1.29 is 18.0 Å². The van der Waals surface area contributed by atoms with Gasteiger partial charge in [-0.15, -0.1) is 0 Å². The highest BCUT2D eigenvalue weighted by Crippen LogP contribution is 2.34. The molecule has 0 bridgehead atoms. The first-order valence-corrected chi connectivity index (χ1v) is 8.83. The number of nitrogens with zero attached hydrogens (tertiary/aromatic N) is 6. The molecule has 1 aliphatic heterocycles. The minimum Gasteiger partial charge on any atom is -0.338 e. The molecule has 1 amide bonds. The lowest BCUT2D eigenvalue weighted by Crippen LogP contribution is -2.42. The molecule has 1 aliphatic rings. The largest absolute Gasteiger partial charge is 0.338 e. The van der Waals surface area contributed by atoms with Crippen LogP contribution < -0.4 is 0 Å². The number of likely N-dealkylation sites (tertiary alicyclic amines) is 1. The maximum atomic E-state index is 13.3. The predicted octanol–water partition coefficient (Wildman–Crippen LogP) is 2.86. The lowest BCUT2D eigenvalue weighted by molar-refractivity contribution is 0.0665. The maximum absolute atomic E-state index is 13.3. The van der Waals surface area contributed by atoms with Crippen LogP contribution in [0.15, 0.2) is 30.7 Å². The van der Waals surface area contributed by atoms with E-state index in [1.807, 2.05) is 6.92 Å². The van der Waals surface area contributed by atoms with Gasteiger partial charge in [0.15, 0.2) is 0 Å². The number of carbonyl (C=O) groups is 1. The van der Waals surface area contributed by atoms with E-state index in [1.165, 1.54) is 29.2 Å². The second kappa shape index (κ2) is 7.17. The van der Waals surface area contributed by atoms with Crippen LogP contribution in [-0.4, -0.2) is 48.5 Å². The lowest BCUT2D eigenvalue weighted by Gasteiger charge is -2.37. The molecule has 3 aromatic heterocycles. The summed E-state index contributed by atoms with van der Waals surface area (Å²) in [6.45, 7) is 2.84. The van der Waals surface area contributed by atoms with Gasteiger partial charge >= 0.3 is 0 Å². The summed E-state index contributed by atoms with van der Waals surface area (Å²) in [6, 6.07) is 3.85. The molecule has 0 radical (unpaired) electrons. The van der Waals surface area contributed by atoms with E-state index < -0.39 is 12.4 Å². The molecule has 4 heterocycles. The van der Waals surface area contributed by atoms with Gasteiger partial charge in [-0.25, -0.2) is 23.3 Å². The van der Waals surface area contributed by atoms with Crippen molar-refractivity contribution in [1.82, 2.24) is 29.5 Å². The average Bonchev–Trinajstić information content (AvgIpc) is 3.16. The highest BCUT2D eigenvalue weighted by molar-refractivity contribution is 5.94. The summed E-state index contributed by atoms with van der Waals surface area (Å²) < 4.78 is 41.0. The molecule has 0 N–H and O–H groups in total. The number of halogens is 3. The fourth-order valence-electron chi connectivity index (χ4n) is 3.55. The molecule has 1 fully saturated rings. The predicted molar refractivity (Wildman–Crippen MR) is 92.4 cm³/mol. The Bertz CT molecular complexity index is 1010. The Hall–Kier alpha value is -3.04. The highest BCUT2D eigenvalue weighted by atomic mass is 19.3. The van der Waals surface area contributed by atoms with E-state index in [2.05, 4.69) is 20.1 Å². The van der Waals surface area contributed by atoms with Crippen molar-refractivity contribution in [3.63, 3.8) is 0 Å². The number of pyridine rings is 1. The molecule has 7 nitrogen and oxygen atoms in total. The molecule has 3 aromatic rings. The zero-order chi connectivity index (χ0) is 19.8. The quantitative estimate of drug-likeness (QED) is 0.643. The van der Waals surface area contributed by atoms with Crippen LogP contribution in [0.5, 0.6) is 0 Å². The summed E-state index contributed by atoms with van der Waals surface area (Å²) in [5.74, 6) is -0.924. The van der Waals surface area contributed by atoms with Gasteiger partial charge in [0, 0.05) is 25.2 Å². The van der Waals surface area contributed by atoms with Crippen LogP contribution in [0.4, 0.5) is 13.2 Å². The molecule has 0 unspecified atom stereocenters. The second-order valence-corrected chi connectivity index (χ2v) is 6.87. The molecule has 2 atom stereocenters. The van der Waals surface area contributed by atoms with Gasteiger partial charge < -0.3 is 4.90 Å². The van der Waals surface area contributed by atoms with Crippen molar-refractivity contribution in [2.75, 3.05) is 13.1 Å². The van der Waals surface area contributed by atoms with Gasteiger partial charge in [-0.1, -0.05) is 6.92 Å². The van der Waals surface area contributed by atoms with Crippen molar-refractivity contribution >= 4 is 11.7 Å². The number of rotatable bonds is 3. The fraction of sp³-hybridized carbons (Fsp3) is 0.389. The molecule has 0 aromatic carbocycles. The molecular weight excluding hydrogens is 373 g/mol. The SMILES string of the molecule is C[C@@H]1CCN(C(=O)c2ccc(F)nc2)C[C@H]1c1cc(C(F)F)nc2ncnn12. The summed E-state index contributed by atoms with van der Waals surface area (Å²) in [5, 5.41) is 4.11. The molecule has 1 saturated heterocycles. The molecule has 28 heavy (non-hydrogen) atoms. The summed E-state index contributed by atoms with van der Waals surface area (Å²) in [4.78, 5) is 25.7. The first kappa shape index (κ1) is 18.3. The zero-order valence-corrected chi connectivity index (χ0v) is 15.0. The van der Waals surface area contributed by atoms with E-state index >= 15 is 0 Å². The van der Waals surface area contributed by atoms with Gasteiger partial charge in [-0.05, 0) is 30.5 Å². The van der Waals surface area contributed by atoms with Crippen LogP contribution in [0.1, 0.15) is 47.4 Å². The van der Waals surface area contributed by atoms with Crippen LogP contribution in [0.2, 0.25) is 0 Å². The highest BCUT2D eigenvalue weighted by Gasteiger charge is 2.33. The third-order valence-corrected chi connectivity index (χ3v) is 5.12. The Labute approximate surface area is 158 Å². The Morgan fingerprint density at radius 1 is 1.29 bits per heavy atom. The number of aromatic nitrogens is 5. The first-order chi connectivity index (χ1) is 13.4. The van der Waals surface area contributed by atoms with Gasteiger partial charge in [0.2, 0.25) is 5.95 Å². The zero-order valence-electron chi connectivity index (χ0n) is 15.0. The van der Waals surface area contributed by atoms with E-state index in [1.54, 1.807) is 4.90 Å². The number of amides is 1. The van der Waals surface area contributed by atoms with Gasteiger partial charge in [-0.3, -0.25) is 4.79 Å². The summed E-state index contributed by atoms with van der Waals surface area (Å²) in [5.41, 5.74) is 0.456. The summed E-state index contributed by atoms with van der Waals surface area (Å²) in [6.07, 6.45) is 0.416. The lowest BCUT2D eigenvalue weighted by atomic mass is 9.84. The Morgan fingerprint density at radius 2 is 2.11 bits per heavy atom. The number of piperidine rings is 1. The van der Waals surface area contributed by atoms with E-state index in [-0.39, 0.29) is 34.8 Å². The molecule has 10 heteroatoms. The van der Waals surface area contributed by atoms with E-state index in [4.69, 9.17) is 0 Å². The molecule has 0 spiro atoms. The molecule has 0 saturated carbocycles. The number of alkyl halides is 2. The van der Waals surface area contributed by atoms with Crippen molar-refractivity contribution in [3.8, 4) is 0 Å². The fourth-order valence-corrected chi connectivity index (χ4v) is 3.55. The number of hydrogen-bond donors (Lipinski definition) is 0. The Morgan fingerprint density at radius 3 is 2.82 bits per heavy atom. The van der Waals surface area contributed by atoms with Crippen LogP contribution in [0.25, 0.3) is 5.78 Å². The van der Waals surface area contributed by atoms with Crippen LogP contribution >= 0.6 is 0 Å². The number of fused-ring (bicyclic) bond motifs is 1. The van der Waals surface area contributed by atoms with E-state index in [0.717, 1.165) is 6.07 Å². The van der Waals surface area contributed by atoms with Crippen LogP contribution in [-0.2, 0) is 0 Å². The molecule has 146 valence electrons. The summed E-state index contributed by atoms with van der Waals surface area (Å²) >= 11 is 0. The van der Waals surface area contributed by atoms with Crippen molar-refractivity contribution in [2.45, 2.75) is 25.7 Å². The van der Waals surface area contributed by atoms with Crippen molar-refractivity contribution in [1.29, 1.82) is 0 Å². The smallest absolute Gasteiger partial charge is 0.280 e. The monoisotopic (exact) mass is 390 g/mol. The standard InChI is InChI=1S/C18H17F3N6O/c1-10-4-5-26(17(28)11-2-3-15(19)22-7-11)8-12(10)14-6-13(16(20)21)25-18-23-9-24-27(14)18/h2-3,6-7,9-10,12,16H,4-5,8H2,1H3/t10-,12-/m1/s1. The third-order valence-electron chi connectivity index (χ3n) is 5.12. The van der Waals surface area contributed by atoms with E-state index in [9.17, 15) is 18.0 Å². The number of hydrogen-bond acceptors (Lipinski definition) is 5. The van der Waals surface area contributed by atoms with Gasteiger partial charge in [0.05, 0.1) is 11.3 Å². The van der Waals surface area contributed by atoms with Crippen LogP contribution in [0, 0.1) is 11.9 Å². The topological polar surface area (TPSA) is 76.3 Å². The Balaban J connectivity index is 1.67. The van der Waals surface area contributed by atoms with Gasteiger partial charge in [0.1, 0.15) is 12.0 Å². The van der Waals surface area contributed by atoms with Crippen LogP contribution in [0.3, 0.4) is 0 Å². The second-order valence-electron chi connectivity index (χ2n) is 6.87. The van der Waals surface area contributed by atoms with Crippen molar-refractivity contribution in [2.24, 2.45) is 5.92 Å². The van der Waals surface area contributed by atoms with Gasteiger partial charge in [-0.2, -0.15) is 14.5 Å². The van der Waals surface area contributed by atoms with Crippen molar-refractivity contribution in [3.05, 3.63) is 53.6 Å². The average molecular weight is 390 g/mol. The normalized spacial score (nSPS) is 20.1. The number of carbonyl (C=O) groups excluding carboxylic acids is 1. The minimum absolute atomic E-state index is 0.103. The molecule has 4 rings (SSSR count). The maximum Gasteiger partial charge on any atom is 0.280 e. The molecule has 0 aliphatic carbocycles. The Kier molecular flexibility index (Phi) is 4.70.